The lowest BCUT2D eigenvalue weighted by atomic mass is 9.90. The number of carbonyl (C=O) groups excluding carboxylic acids is 1. The highest BCUT2D eigenvalue weighted by Gasteiger charge is 2.33. The van der Waals surface area contributed by atoms with Crippen LogP contribution in [0.2, 0.25) is 5.02 Å². The van der Waals surface area contributed by atoms with Gasteiger partial charge in [0.25, 0.3) is 0 Å². The van der Waals surface area contributed by atoms with Crippen LogP contribution < -0.4 is 0 Å². The molecule has 0 radical (unpaired) electrons. The largest absolute Gasteiger partial charge is 0.473 e. The number of rotatable bonds is 7. The fraction of sp³-hybridized carbons (Fsp3) is 0.400. The summed E-state index contributed by atoms with van der Waals surface area (Å²) in [4.78, 5) is 35.7. The van der Waals surface area contributed by atoms with E-state index in [1.807, 2.05) is 42.5 Å². The Labute approximate surface area is 213 Å². The molecule has 1 fully saturated rings. The predicted octanol–water partition coefficient (Wildman–Crippen LogP) is 4.14. The van der Waals surface area contributed by atoms with Crippen LogP contribution in [0.1, 0.15) is 36.3 Å². The van der Waals surface area contributed by atoms with Crippen molar-refractivity contribution < 1.29 is 34.1 Å². The van der Waals surface area contributed by atoms with Crippen molar-refractivity contribution in [2.24, 2.45) is 0 Å². The van der Waals surface area contributed by atoms with Crippen LogP contribution >= 0.6 is 23.4 Å². The lowest BCUT2D eigenvalue weighted by Gasteiger charge is -2.27. The van der Waals surface area contributed by atoms with Gasteiger partial charge in [0, 0.05) is 21.4 Å². The molecule has 188 valence electrons. The quantitative estimate of drug-likeness (QED) is 0.315. The highest BCUT2D eigenvalue weighted by Crippen LogP contribution is 2.46. The predicted molar refractivity (Wildman–Crippen MR) is 131 cm³/mol. The van der Waals surface area contributed by atoms with Crippen LogP contribution in [0, 0.1) is 0 Å². The van der Waals surface area contributed by atoms with Gasteiger partial charge < -0.3 is 24.6 Å². The Morgan fingerprint density at radius 3 is 2.31 bits per heavy atom. The highest BCUT2D eigenvalue weighted by molar-refractivity contribution is 7.99. The van der Waals surface area contributed by atoms with Crippen molar-refractivity contribution in [1.82, 2.24) is 4.90 Å². The first-order valence-corrected chi connectivity index (χ1v) is 12.6. The van der Waals surface area contributed by atoms with E-state index in [-0.39, 0.29) is 12.6 Å². The van der Waals surface area contributed by atoms with Crippen molar-refractivity contribution in [3.63, 3.8) is 0 Å². The summed E-state index contributed by atoms with van der Waals surface area (Å²) in [6.07, 6.45) is 3.90. The lowest BCUT2D eigenvalue weighted by Crippen LogP contribution is -2.33. The Bertz CT molecular complexity index is 1030. The van der Waals surface area contributed by atoms with E-state index in [1.54, 1.807) is 11.8 Å². The van der Waals surface area contributed by atoms with Crippen molar-refractivity contribution in [3.8, 4) is 0 Å². The Morgan fingerprint density at radius 1 is 0.914 bits per heavy atom. The number of aliphatic carboxylic acids is 2. The Hall–Kier alpha value is -2.59. The van der Waals surface area contributed by atoms with Crippen LogP contribution in [-0.4, -0.2) is 72.5 Å². The van der Waals surface area contributed by atoms with Crippen LogP contribution in [0.5, 0.6) is 0 Å². The molecule has 2 heterocycles. The summed E-state index contributed by atoms with van der Waals surface area (Å²) in [5.41, 5.74) is 1.89. The number of carboxylic acids is 2. The summed E-state index contributed by atoms with van der Waals surface area (Å²) in [7, 11) is 0. The van der Waals surface area contributed by atoms with E-state index in [0.29, 0.717) is 18.2 Å². The summed E-state index contributed by atoms with van der Waals surface area (Å²) >= 11 is 7.88. The van der Waals surface area contributed by atoms with Gasteiger partial charge in [0.2, 0.25) is 0 Å². The first-order chi connectivity index (χ1) is 16.9. The van der Waals surface area contributed by atoms with Crippen LogP contribution in [0.3, 0.4) is 0 Å². The van der Waals surface area contributed by atoms with E-state index in [0.717, 1.165) is 27.5 Å². The van der Waals surface area contributed by atoms with Gasteiger partial charge >= 0.3 is 17.9 Å². The molecule has 35 heavy (non-hydrogen) atoms. The number of benzene rings is 2. The zero-order valence-corrected chi connectivity index (χ0v) is 20.7. The topological polar surface area (TPSA) is 113 Å². The molecule has 8 nitrogen and oxygen atoms in total. The molecule has 2 N–H and O–H groups in total. The molecule has 0 aromatic heterocycles. The van der Waals surface area contributed by atoms with Crippen molar-refractivity contribution in [2.75, 3.05) is 39.5 Å². The number of esters is 1. The van der Waals surface area contributed by atoms with Gasteiger partial charge in [0.15, 0.2) is 0 Å². The second-order valence-corrected chi connectivity index (χ2v) is 9.57. The van der Waals surface area contributed by atoms with Gasteiger partial charge in [0.1, 0.15) is 12.5 Å². The van der Waals surface area contributed by atoms with E-state index in [2.05, 4.69) is 4.90 Å². The van der Waals surface area contributed by atoms with Crippen LogP contribution in [0.15, 0.2) is 52.3 Å². The summed E-state index contributed by atoms with van der Waals surface area (Å²) in [6, 6.07) is 13.7. The maximum absolute atomic E-state index is 13.0. The molecule has 1 atom stereocenters. The van der Waals surface area contributed by atoms with Gasteiger partial charge in [0.05, 0.1) is 13.2 Å². The minimum atomic E-state index is -1.82. The minimum absolute atomic E-state index is 0.249. The summed E-state index contributed by atoms with van der Waals surface area (Å²) in [5.74, 6) is -4.35. The SMILES string of the molecule is O=C(O)C(=O)O.O=C(OCCOCCN1CCCCC1)C1c2ccccc2Sc2ccc(Cl)cc21. The van der Waals surface area contributed by atoms with Gasteiger partial charge in [-0.25, -0.2) is 9.59 Å². The standard InChI is InChI=1S/C23H26ClNO3S.C2H2O4/c24-17-8-9-21-19(16-17)22(18-6-2-3-7-20(18)29-21)23(26)28-15-14-27-13-12-25-10-4-1-5-11-25;3-1(4)2(5)6/h2-3,6-9,16,22H,1,4-5,10-15H2;(H,3,4)(H,5,6). The third kappa shape index (κ3) is 7.96. The van der Waals surface area contributed by atoms with Crippen LogP contribution in [-0.2, 0) is 23.9 Å². The van der Waals surface area contributed by atoms with E-state index >= 15 is 0 Å². The number of halogens is 1. The fourth-order valence-electron chi connectivity index (χ4n) is 3.95. The minimum Gasteiger partial charge on any atom is -0.473 e. The molecule has 1 saturated heterocycles. The third-order valence-corrected chi connectivity index (χ3v) is 7.04. The Morgan fingerprint density at radius 2 is 1.60 bits per heavy atom. The molecule has 0 spiro atoms. The van der Waals surface area contributed by atoms with Crippen LogP contribution in [0.25, 0.3) is 0 Å². The first kappa shape index (κ1) is 27.0. The molecule has 2 aliphatic heterocycles. The zero-order chi connectivity index (χ0) is 25.2. The van der Waals surface area contributed by atoms with Gasteiger partial charge in [-0.15, -0.1) is 0 Å². The Kier molecular flexibility index (Phi) is 10.4. The van der Waals surface area contributed by atoms with Crippen molar-refractivity contribution in [1.29, 1.82) is 0 Å². The molecule has 0 aliphatic carbocycles. The molecule has 1 unspecified atom stereocenters. The van der Waals surface area contributed by atoms with Gasteiger partial charge in [-0.3, -0.25) is 4.79 Å². The maximum Gasteiger partial charge on any atom is 0.414 e. The number of likely N-dealkylation sites (tertiary alicyclic amines) is 1. The molecule has 2 aromatic rings. The number of hydrogen-bond donors (Lipinski definition) is 2. The van der Waals surface area contributed by atoms with Gasteiger partial charge in [-0.1, -0.05) is 48.0 Å². The molecule has 4 rings (SSSR count). The summed E-state index contributed by atoms with van der Waals surface area (Å²) in [6.45, 7) is 4.65. The number of fused-ring (bicyclic) bond motifs is 2. The number of carboxylic acid groups (broad SMARTS) is 2. The molecular weight excluding hydrogens is 494 g/mol. The monoisotopic (exact) mass is 521 g/mol. The molecular formula is C25H28ClNO7S. The second-order valence-electron chi connectivity index (χ2n) is 8.05. The fourth-order valence-corrected chi connectivity index (χ4v) is 5.25. The molecule has 2 aliphatic rings. The van der Waals surface area contributed by atoms with E-state index in [9.17, 15) is 4.79 Å². The van der Waals surface area contributed by atoms with E-state index < -0.39 is 17.9 Å². The average Bonchev–Trinajstić information content (AvgIpc) is 2.85. The molecule has 2 aromatic carbocycles. The maximum atomic E-state index is 13.0. The molecule has 10 heteroatoms. The lowest BCUT2D eigenvalue weighted by molar-refractivity contribution is -0.159. The van der Waals surface area contributed by atoms with Crippen molar-refractivity contribution in [2.45, 2.75) is 35.0 Å². The zero-order valence-electron chi connectivity index (χ0n) is 19.2. The summed E-state index contributed by atoms with van der Waals surface area (Å²) < 4.78 is 11.3. The smallest absolute Gasteiger partial charge is 0.414 e. The second kappa shape index (κ2) is 13.5. The van der Waals surface area contributed by atoms with Gasteiger partial charge in [-0.2, -0.15) is 0 Å². The number of carbonyl (C=O) groups is 3. The van der Waals surface area contributed by atoms with E-state index in [1.165, 1.54) is 32.4 Å². The number of piperidine rings is 1. The van der Waals surface area contributed by atoms with Crippen molar-refractivity contribution >= 4 is 41.3 Å². The van der Waals surface area contributed by atoms with Crippen molar-refractivity contribution in [3.05, 3.63) is 58.6 Å². The third-order valence-electron chi connectivity index (χ3n) is 5.62. The Balaban J connectivity index is 0.000000509. The number of hydrogen-bond acceptors (Lipinski definition) is 7. The normalized spacial score (nSPS) is 16.8. The molecule has 0 bridgehead atoms. The first-order valence-electron chi connectivity index (χ1n) is 11.4. The summed E-state index contributed by atoms with van der Waals surface area (Å²) in [5, 5.41) is 15.4. The average molecular weight is 522 g/mol. The van der Waals surface area contributed by atoms with E-state index in [4.69, 9.17) is 40.9 Å². The molecule has 0 amide bonds. The number of ether oxygens (including phenoxy) is 2. The molecule has 0 saturated carbocycles. The highest BCUT2D eigenvalue weighted by atomic mass is 35.5. The number of nitrogens with zero attached hydrogens (tertiary/aromatic N) is 1. The van der Waals surface area contributed by atoms with Gasteiger partial charge in [-0.05, 0) is 61.3 Å². The van der Waals surface area contributed by atoms with Crippen LogP contribution in [0.4, 0.5) is 0 Å².